The van der Waals surface area contributed by atoms with Crippen LogP contribution in [0, 0.1) is 13.8 Å². The zero-order valence-electron chi connectivity index (χ0n) is 18.3. The van der Waals surface area contributed by atoms with Crippen molar-refractivity contribution >= 4 is 10.0 Å². The lowest BCUT2D eigenvalue weighted by Crippen LogP contribution is -2.41. The van der Waals surface area contributed by atoms with Crippen LogP contribution in [0.1, 0.15) is 68.3 Å². The maximum absolute atomic E-state index is 13.4. The van der Waals surface area contributed by atoms with E-state index >= 15 is 0 Å². The molecule has 1 heterocycles. The molecule has 0 spiro atoms. The molecule has 1 aliphatic rings. The third kappa shape index (κ3) is 4.43. The van der Waals surface area contributed by atoms with Crippen LogP contribution >= 0.6 is 0 Å². The molecule has 5 nitrogen and oxygen atoms in total. The van der Waals surface area contributed by atoms with Crippen LogP contribution in [0.3, 0.4) is 0 Å². The van der Waals surface area contributed by atoms with Gasteiger partial charge in [-0.05, 0) is 68.5 Å². The van der Waals surface area contributed by atoms with Gasteiger partial charge in [0.05, 0.1) is 18.0 Å². The largest absolute Gasteiger partial charge is 0.496 e. The van der Waals surface area contributed by atoms with Crippen molar-refractivity contribution in [1.29, 1.82) is 0 Å². The van der Waals surface area contributed by atoms with Crippen LogP contribution in [-0.4, -0.2) is 21.1 Å². The fraction of sp³-hybridized carbons (Fsp3) is 0.478. The molecular formula is C23H31NO4S. The average molecular weight is 418 g/mol. The summed E-state index contributed by atoms with van der Waals surface area (Å²) >= 11 is 0. The first-order chi connectivity index (χ1) is 13.4. The van der Waals surface area contributed by atoms with Gasteiger partial charge in [-0.15, -0.1) is 0 Å². The summed E-state index contributed by atoms with van der Waals surface area (Å²) < 4.78 is 41.3. The van der Waals surface area contributed by atoms with Crippen molar-refractivity contribution in [3.63, 3.8) is 0 Å². The standard InChI is InChI=1S/C23H31NO4S/c1-14(2)18-12-22(16(4)11-20(18)27-7)29(25,26)24-19-13-23(5,6)28-21-10-15(3)8-9-17(19)21/h8-12,14,19,24H,13H2,1-7H3/t19-/m0/s1. The molecule has 3 rings (SSSR count). The topological polar surface area (TPSA) is 64.6 Å². The quantitative estimate of drug-likeness (QED) is 0.742. The van der Waals surface area contributed by atoms with Gasteiger partial charge in [-0.1, -0.05) is 26.0 Å². The molecule has 29 heavy (non-hydrogen) atoms. The number of aryl methyl sites for hydroxylation is 2. The van der Waals surface area contributed by atoms with E-state index in [0.29, 0.717) is 22.6 Å². The van der Waals surface area contributed by atoms with Crippen molar-refractivity contribution in [3.05, 3.63) is 52.6 Å². The summed E-state index contributed by atoms with van der Waals surface area (Å²) in [4.78, 5) is 0.292. The first kappa shape index (κ1) is 21.7. The Morgan fingerprint density at radius 3 is 2.48 bits per heavy atom. The Bertz CT molecular complexity index is 1030. The molecule has 0 saturated carbocycles. The number of hydrogen-bond donors (Lipinski definition) is 1. The van der Waals surface area contributed by atoms with Gasteiger partial charge in [0, 0.05) is 12.0 Å². The molecule has 1 aliphatic heterocycles. The molecule has 1 N–H and O–H groups in total. The minimum absolute atomic E-state index is 0.144. The molecule has 158 valence electrons. The zero-order chi connectivity index (χ0) is 21.6. The summed E-state index contributed by atoms with van der Waals surface area (Å²) in [5.41, 5.74) is 3.02. The second-order valence-corrected chi connectivity index (χ2v) is 10.5. The van der Waals surface area contributed by atoms with Crippen molar-refractivity contribution in [2.45, 2.75) is 70.4 Å². The minimum atomic E-state index is -3.74. The lowest BCUT2D eigenvalue weighted by atomic mass is 9.90. The Labute approximate surface area is 174 Å². The molecule has 0 amide bonds. The van der Waals surface area contributed by atoms with Crippen LogP contribution in [0.4, 0.5) is 0 Å². The first-order valence-corrected chi connectivity index (χ1v) is 11.4. The smallest absolute Gasteiger partial charge is 0.241 e. The predicted molar refractivity (Wildman–Crippen MR) is 115 cm³/mol. The highest BCUT2D eigenvalue weighted by atomic mass is 32.2. The van der Waals surface area contributed by atoms with Gasteiger partial charge < -0.3 is 9.47 Å². The summed E-state index contributed by atoms with van der Waals surface area (Å²) in [6.45, 7) is 11.8. The van der Waals surface area contributed by atoms with Crippen LogP contribution in [0.25, 0.3) is 0 Å². The molecule has 0 aromatic heterocycles. The predicted octanol–water partition coefficient (Wildman–Crippen LogP) is 5.02. The number of methoxy groups -OCH3 is 1. The third-order valence-corrected chi connectivity index (χ3v) is 6.98. The van der Waals surface area contributed by atoms with E-state index in [2.05, 4.69) is 4.72 Å². The number of nitrogens with one attached hydrogen (secondary N) is 1. The molecule has 0 saturated heterocycles. The van der Waals surface area contributed by atoms with Crippen LogP contribution in [0.2, 0.25) is 0 Å². The maximum atomic E-state index is 13.4. The molecule has 6 heteroatoms. The van der Waals surface area contributed by atoms with Crippen molar-refractivity contribution in [1.82, 2.24) is 4.72 Å². The number of hydrogen-bond acceptors (Lipinski definition) is 4. The van der Waals surface area contributed by atoms with E-state index in [1.807, 2.05) is 52.8 Å². The number of sulfonamides is 1. The Hall–Kier alpha value is -2.05. The monoisotopic (exact) mass is 417 g/mol. The second kappa shape index (κ2) is 7.65. The van der Waals surface area contributed by atoms with Gasteiger partial charge in [-0.2, -0.15) is 0 Å². The highest BCUT2D eigenvalue weighted by Gasteiger charge is 2.36. The summed E-state index contributed by atoms with van der Waals surface area (Å²) in [6.07, 6.45) is 0.550. The number of fused-ring (bicyclic) bond motifs is 1. The van der Waals surface area contributed by atoms with Crippen molar-refractivity contribution < 1.29 is 17.9 Å². The Morgan fingerprint density at radius 2 is 1.86 bits per heavy atom. The SMILES string of the molecule is COc1cc(C)c(S(=O)(=O)N[C@H]2CC(C)(C)Oc3cc(C)ccc32)cc1C(C)C. The van der Waals surface area contributed by atoms with E-state index in [1.54, 1.807) is 26.2 Å². The van der Waals surface area contributed by atoms with Gasteiger partial charge in [-0.3, -0.25) is 0 Å². The van der Waals surface area contributed by atoms with Crippen LogP contribution in [0.15, 0.2) is 35.2 Å². The molecule has 0 unspecified atom stereocenters. The Kier molecular flexibility index (Phi) is 5.71. The molecular weight excluding hydrogens is 386 g/mol. The molecule has 0 bridgehead atoms. The number of benzene rings is 2. The Balaban J connectivity index is 2.03. The molecule has 0 aliphatic carbocycles. The van der Waals surface area contributed by atoms with Crippen LogP contribution < -0.4 is 14.2 Å². The van der Waals surface area contributed by atoms with E-state index in [-0.39, 0.29) is 12.0 Å². The van der Waals surface area contributed by atoms with Crippen molar-refractivity contribution in [2.24, 2.45) is 0 Å². The van der Waals surface area contributed by atoms with Gasteiger partial charge >= 0.3 is 0 Å². The van der Waals surface area contributed by atoms with Crippen LogP contribution in [0.5, 0.6) is 11.5 Å². The van der Waals surface area contributed by atoms with Crippen molar-refractivity contribution in [2.75, 3.05) is 7.11 Å². The Morgan fingerprint density at radius 1 is 1.17 bits per heavy atom. The maximum Gasteiger partial charge on any atom is 0.241 e. The van der Waals surface area contributed by atoms with Gasteiger partial charge in [0.2, 0.25) is 10.0 Å². The fourth-order valence-electron chi connectivity index (χ4n) is 3.91. The molecule has 2 aromatic rings. The summed E-state index contributed by atoms with van der Waals surface area (Å²) in [5.74, 6) is 1.60. The average Bonchev–Trinajstić information content (AvgIpc) is 2.59. The van der Waals surface area contributed by atoms with E-state index in [9.17, 15) is 8.42 Å². The zero-order valence-corrected chi connectivity index (χ0v) is 19.1. The van der Waals surface area contributed by atoms with Crippen LogP contribution in [-0.2, 0) is 10.0 Å². The van der Waals surface area contributed by atoms with E-state index < -0.39 is 15.6 Å². The van der Waals surface area contributed by atoms with E-state index in [1.165, 1.54) is 0 Å². The summed E-state index contributed by atoms with van der Waals surface area (Å²) in [7, 11) is -2.13. The molecule has 1 atom stereocenters. The van der Waals surface area contributed by atoms with E-state index in [4.69, 9.17) is 9.47 Å². The highest BCUT2D eigenvalue weighted by Crippen LogP contribution is 2.41. The van der Waals surface area contributed by atoms with Gasteiger partial charge in [0.25, 0.3) is 0 Å². The van der Waals surface area contributed by atoms with Gasteiger partial charge in [0.15, 0.2) is 0 Å². The lowest BCUT2D eigenvalue weighted by molar-refractivity contribution is 0.0701. The van der Waals surface area contributed by atoms with E-state index in [0.717, 1.165) is 22.4 Å². The fourth-order valence-corrected chi connectivity index (χ4v) is 5.39. The first-order valence-electron chi connectivity index (χ1n) is 9.94. The molecule has 2 aromatic carbocycles. The third-order valence-electron chi connectivity index (χ3n) is 5.36. The lowest BCUT2D eigenvalue weighted by Gasteiger charge is -2.38. The second-order valence-electron chi connectivity index (χ2n) is 8.80. The molecule has 0 radical (unpaired) electrons. The van der Waals surface area contributed by atoms with Crippen molar-refractivity contribution in [3.8, 4) is 11.5 Å². The number of rotatable bonds is 5. The normalized spacial score (nSPS) is 18.3. The highest BCUT2D eigenvalue weighted by molar-refractivity contribution is 7.89. The molecule has 0 fully saturated rings. The number of ether oxygens (including phenoxy) is 2. The summed E-state index contributed by atoms with van der Waals surface area (Å²) in [6, 6.07) is 9.08. The minimum Gasteiger partial charge on any atom is -0.496 e. The van der Waals surface area contributed by atoms with Gasteiger partial charge in [-0.25, -0.2) is 13.1 Å². The summed E-state index contributed by atoms with van der Waals surface area (Å²) in [5, 5.41) is 0. The van der Waals surface area contributed by atoms with Gasteiger partial charge in [0.1, 0.15) is 17.1 Å².